The van der Waals surface area contributed by atoms with Crippen LogP contribution in [0.25, 0.3) is 22.0 Å². The zero-order valence-electron chi connectivity index (χ0n) is 17.6. The van der Waals surface area contributed by atoms with Gasteiger partial charge < -0.3 is 9.30 Å². The highest BCUT2D eigenvalue weighted by Crippen LogP contribution is 2.28. The Balaban J connectivity index is 1.32. The molecule has 0 fully saturated rings. The van der Waals surface area contributed by atoms with Gasteiger partial charge in [-0.1, -0.05) is 91.0 Å². The number of hydrogen-bond acceptors (Lipinski definition) is 2. The van der Waals surface area contributed by atoms with Gasteiger partial charge >= 0.3 is 0 Å². The number of carbonyl (C=O) groups is 1. The Morgan fingerprint density at radius 1 is 0.688 bits per heavy atom. The zero-order valence-corrected chi connectivity index (χ0v) is 17.6. The molecule has 0 saturated carbocycles. The van der Waals surface area contributed by atoms with Crippen LogP contribution in [0.1, 0.15) is 15.9 Å². The van der Waals surface area contributed by atoms with Gasteiger partial charge in [-0.2, -0.15) is 0 Å². The lowest BCUT2D eigenvalue weighted by Gasteiger charge is -2.09. The third kappa shape index (κ3) is 4.19. The average molecular weight is 418 g/mol. The highest BCUT2D eigenvalue weighted by molar-refractivity contribution is 5.97. The Bertz CT molecular complexity index is 1340. The van der Waals surface area contributed by atoms with Crippen molar-refractivity contribution < 1.29 is 9.53 Å². The first-order valence-corrected chi connectivity index (χ1v) is 10.7. The number of hydrogen-bond donors (Lipinski definition) is 0. The van der Waals surface area contributed by atoms with Crippen molar-refractivity contribution >= 4 is 16.7 Å². The molecule has 0 amide bonds. The molecule has 0 spiro atoms. The smallest absolute Gasteiger partial charge is 0.182 e. The van der Waals surface area contributed by atoms with E-state index in [9.17, 15) is 4.79 Å². The predicted molar refractivity (Wildman–Crippen MR) is 129 cm³/mol. The summed E-state index contributed by atoms with van der Waals surface area (Å²) in [5.74, 6) is 0.905. The quantitative estimate of drug-likeness (QED) is 0.274. The molecule has 1 aromatic heterocycles. The van der Waals surface area contributed by atoms with Gasteiger partial charge in [-0.3, -0.25) is 4.79 Å². The molecule has 5 aromatic rings. The molecule has 0 saturated heterocycles. The highest BCUT2D eigenvalue weighted by Gasteiger charge is 2.12. The normalized spacial score (nSPS) is 10.9. The van der Waals surface area contributed by atoms with Gasteiger partial charge in [0.1, 0.15) is 12.4 Å². The summed E-state index contributed by atoms with van der Waals surface area (Å²) in [4.78, 5) is 12.9. The predicted octanol–water partition coefficient (Wildman–Crippen LogP) is 6.77. The molecule has 4 aromatic carbocycles. The standard InChI is InChI=1S/C29H23NO2/c31-28(25-16-14-24(15-17-25)23-10-5-2-6-11-23)20-30-19-18-26-27(30)12-7-13-29(26)32-21-22-8-3-1-4-9-22/h1-19H,20-21H2. The monoisotopic (exact) mass is 417 g/mol. The van der Waals surface area contributed by atoms with E-state index in [0.29, 0.717) is 12.2 Å². The molecule has 1 heterocycles. The number of fused-ring (bicyclic) bond motifs is 1. The van der Waals surface area contributed by atoms with E-state index >= 15 is 0 Å². The molecule has 0 N–H and O–H groups in total. The van der Waals surface area contributed by atoms with Crippen molar-refractivity contribution in [1.29, 1.82) is 0 Å². The van der Waals surface area contributed by atoms with Gasteiger partial charge in [0.05, 0.1) is 12.1 Å². The van der Waals surface area contributed by atoms with Crippen molar-refractivity contribution in [1.82, 2.24) is 4.57 Å². The summed E-state index contributed by atoms with van der Waals surface area (Å²) in [5, 5.41) is 1.01. The van der Waals surface area contributed by atoms with E-state index in [-0.39, 0.29) is 12.3 Å². The Hall–Kier alpha value is -4.11. The fourth-order valence-corrected chi connectivity index (χ4v) is 3.92. The lowest BCUT2D eigenvalue weighted by Crippen LogP contribution is -2.09. The Labute approximate surface area is 187 Å². The summed E-state index contributed by atoms with van der Waals surface area (Å²) in [6.45, 7) is 0.800. The fourth-order valence-electron chi connectivity index (χ4n) is 3.92. The van der Waals surface area contributed by atoms with E-state index in [1.807, 2.05) is 108 Å². The van der Waals surface area contributed by atoms with Crippen molar-refractivity contribution in [3.8, 4) is 16.9 Å². The van der Waals surface area contributed by atoms with Crippen LogP contribution in [0.15, 0.2) is 115 Å². The molecule has 0 atom stereocenters. The lowest BCUT2D eigenvalue weighted by molar-refractivity contribution is 0.0973. The minimum atomic E-state index is 0.0812. The second-order valence-corrected chi connectivity index (χ2v) is 7.77. The second kappa shape index (κ2) is 8.94. The van der Waals surface area contributed by atoms with Gasteiger partial charge in [0.25, 0.3) is 0 Å². The number of Topliss-reactive ketones (excluding diaryl/α,β-unsaturated/α-hetero) is 1. The molecule has 0 aliphatic carbocycles. The molecule has 3 nitrogen and oxygen atoms in total. The van der Waals surface area contributed by atoms with Crippen LogP contribution in [0.3, 0.4) is 0 Å². The molecule has 156 valence electrons. The van der Waals surface area contributed by atoms with Crippen LogP contribution in [0.4, 0.5) is 0 Å². The fraction of sp³-hybridized carbons (Fsp3) is 0.0690. The van der Waals surface area contributed by atoms with E-state index < -0.39 is 0 Å². The maximum absolute atomic E-state index is 12.9. The minimum Gasteiger partial charge on any atom is -0.488 e. The molecule has 0 unspecified atom stereocenters. The second-order valence-electron chi connectivity index (χ2n) is 7.77. The number of nitrogens with zero attached hydrogens (tertiary/aromatic N) is 1. The molecule has 0 aliphatic rings. The number of rotatable bonds is 7. The van der Waals surface area contributed by atoms with Gasteiger partial charge in [-0.25, -0.2) is 0 Å². The van der Waals surface area contributed by atoms with Crippen molar-refractivity contribution in [2.75, 3.05) is 0 Å². The molecule has 0 radical (unpaired) electrons. The molecule has 32 heavy (non-hydrogen) atoms. The van der Waals surface area contributed by atoms with Crippen LogP contribution in [-0.2, 0) is 13.2 Å². The highest BCUT2D eigenvalue weighted by atomic mass is 16.5. The maximum atomic E-state index is 12.9. The first-order valence-electron chi connectivity index (χ1n) is 10.7. The minimum absolute atomic E-state index is 0.0812. The topological polar surface area (TPSA) is 31.2 Å². The lowest BCUT2D eigenvalue weighted by atomic mass is 10.0. The molecule has 0 bridgehead atoms. The number of ether oxygens (including phenoxy) is 1. The summed E-state index contributed by atoms with van der Waals surface area (Å²) in [5.41, 5.74) is 5.07. The molecule has 3 heteroatoms. The van der Waals surface area contributed by atoms with Gasteiger partial charge in [0.15, 0.2) is 5.78 Å². The Kier molecular flexibility index (Phi) is 5.54. The van der Waals surface area contributed by atoms with E-state index in [0.717, 1.165) is 33.3 Å². The molecular formula is C29H23NO2. The average Bonchev–Trinajstić information content (AvgIpc) is 3.27. The summed E-state index contributed by atoms with van der Waals surface area (Å²) in [6.07, 6.45) is 1.95. The van der Waals surface area contributed by atoms with Crippen LogP contribution >= 0.6 is 0 Å². The van der Waals surface area contributed by atoms with E-state index in [1.54, 1.807) is 0 Å². The summed E-state index contributed by atoms with van der Waals surface area (Å²) in [7, 11) is 0. The van der Waals surface area contributed by atoms with E-state index in [1.165, 1.54) is 0 Å². The number of aromatic nitrogens is 1. The largest absolute Gasteiger partial charge is 0.488 e. The van der Waals surface area contributed by atoms with Gasteiger partial charge in [0.2, 0.25) is 0 Å². The maximum Gasteiger partial charge on any atom is 0.182 e. The van der Waals surface area contributed by atoms with Crippen LogP contribution in [0, 0.1) is 0 Å². The van der Waals surface area contributed by atoms with Crippen molar-refractivity contribution in [3.05, 3.63) is 127 Å². The molecule has 5 rings (SSSR count). The summed E-state index contributed by atoms with van der Waals surface area (Å²) in [6, 6.07) is 36.1. The van der Waals surface area contributed by atoms with Crippen molar-refractivity contribution in [2.45, 2.75) is 13.2 Å². The van der Waals surface area contributed by atoms with Crippen LogP contribution < -0.4 is 4.74 Å². The first-order chi connectivity index (χ1) is 15.8. The zero-order chi connectivity index (χ0) is 21.8. The van der Waals surface area contributed by atoms with Gasteiger partial charge in [-0.15, -0.1) is 0 Å². The SMILES string of the molecule is O=C(Cn1ccc2c(OCc3ccccc3)cccc21)c1ccc(-c2ccccc2)cc1. The van der Waals surface area contributed by atoms with Crippen LogP contribution in [0.2, 0.25) is 0 Å². The Morgan fingerprint density at radius 2 is 1.38 bits per heavy atom. The molecule has 0 aliphatic heterocycles. The first kappa shape index (κ1) is 19.8. The van der Waals surface area contributed by atoms with Gasteiger partial charge in [-0.05, 0) is 34.9 Å². The third-order valence-corrected chi connectivity index (χ3v) is 5.64. The number of benzene rings is 4. The molecular weight excluding hydrogens is 394 g/mol. The third-order valence-electron chi connectivity index (χ3n) is 5.64. The number of ketones is 1. The summed E-state index contributed by atoms with van der Waals surface area (Å²) < 4.78 is 8.05. The van der Waals surface area contributed by atoms with E-state index in [4.69, 9.17) is 4.74 Å². The summed E-state index contributed by atoms with van der Waals surface area (Å²) >= 11 is 0. The van der Waals surface area contributed by atoms with Crippen molar-refractivity contribution in [2.24, 2.45) is 0 Å². The number of carbonyl (C=O) groups excluding carboxylic acids is 1. The van der Waals surface area contributed by atoms with E-state index in [2.05, 4.69) is 12.1 Å². The van der Waals surface area contributed by atoms with Crippen LogP contribution in [-0.4, -0.2) is 10.4 Å². The van der Waals surface area contributed by atoms with Gasteiger partial charge in [0, 0.05) is 17.1 Å². The Morgan fingerprint density at radius 3 is 2.12 bits per heavy atom. The van der Waals surface area contributed by atoms with Crippen LogP contribution in [0.5, 0.6) is 5.75 Å². The van der Waals surface area contributed by atoms with Crippen molar-refractivity contribution in [3.63, 3.8) is 0 Å².